The van der Waals surface area contributed by atoms with E-state index in [0.717, 1.165) is 18.4 Å². The molecule has 13 heavy (non-hydrogen) atoms. The van der Waals surface area contributed by atoms with Crippen LogP contribution in [0.2, 0.25) is 10.0 Å². The standard InChI is InChI=1S/C10H11Cl2O/c11-9-6-3-5-8(10(9)12)4-1-2-7-13/h3,5-6H,1-2,4,7H2. The predicted octanol–water partition coefficient (Wildman–Crippen LogP) is 3.75. The minimum atomic E-state index is -0.0157. The van der Waals surface area contributed by atoms with Crippen LogP contribution in [-0.4, -0.2) is 6.61 Å². The maximum Gasteiger partial charge on any atom is 0.0822 e. The molecular formula is C10H11Cl2O. The first-order valence-electron chi connectivity index (χ1n) is 4.26. The molecule has 0 bridgehead atoms. The first kappa shape index (κ1) is 10.8. The van der Waals surface area contributed by atoms with Crippen LogP contribution in [0.25, 0.3) is 0 Å². The lowest BCUT2D eigenvalue weighted by Crippen LogP contribution is -1.89. The first-order valence-corrected chi connectivity index (χ1v) is 5.02. The highest BCUT2D eigenvalue weighted by molar-refractivity contribution is 6.42. The van der Waals surface area contributed by atoms with Gasteiger partial charge in [0.05, 0.1) is 16.7 Å². The lowest BCUT2D eigenvalue weighted by molar-refractivity contribution is 0.187. The van der Waals surface area contributed by atoms with Crippen LogP contribution in [0.15, 0.2) is 18.2 Å². The van der Waals surface area contributed by atoms with E-state index in [4.69, 9.17) is 23.2 Å². The molecule has 1 aromatic rings. The van der Waals surface area contributed by atoms with Crippen LogP contribution in [0.3, 0.4) is 0 Å². The fraction of sp³-hybridized carbons (Fsp3) is 0.400. The maximum absolute atomic E-state index is 10.2. The molecule has 0 aliphatic rings. The van der Waals surface area contributed by atoms with Crippen molar-refractivity contribution in [3.63, 3.8) is 0 Å². The Morgan fingerprint density at radius 2 is 1.92 bits per heavy atom. The Bertz CT molecular complexity index is 274. The van der Waals surface area contributed by atoms with Gasteiger partial charge in [-0.1, -0.05) is 35.3 Å². The van der Waals surface area contributed by atoms with Crippen LogP contribution in [-0.2, 0) is 11.5 Å². The van der Waals surface area contributed by atoms with Gasteiger partial charge in [-0.05, 0) is 30.9 Å². The fourth-order valence-corrected chi connectivity index (χ4v) is 1.57. The lowest BCUT2D eigenvalue weighted by atomic mass is 10.1. The number of aryl methyl sites for hydroxylation is 1. The summed E-state index contributed by atoms with van der Waals surface area (Å²) < 4.78 is 0. The second-order valence-corrected chi connectivity index (χ2v) is 3.66. The van der Waals surface area contributed by atoms with Crippen molar-refractivity contribution in [1.82, 2.24) is 0 Å². The van der Waals surface area contributed by atoms with Gasteiger partial charge in [0.1, 0.15) is 0 Å². The van der Waals surface area contributed by atoms with Gasteiger partial charge >= 0.3 is 0 Å². The zero-order chi connectivity index (χ0) is 9.68. The highest BCUT2D eigenvalue weighted by Crippen LogP contribution is 2.26. The molecular weight excluding hydrogens is 207 g/mol. The number of benzene rings is 1. The zero-order valence-electron chi connectivity index (χ0n) is 7.22. The number of rotatable bonds is 4. The maximum atomic E-state index is 10.2. The molecule has 0 atom stereocenters. The number of halogens is 2. The largest absolute Gasteiger partial charge is 0.237 e. The van der Waals surface area contributed by atoms with E-state index in [0.29, 0.717) is 16.5 Å². The third-order valence-electron chi connectivity index (χ3n) is 1.87. The summed E-state index contributed by atoms with van der Waals surface area (Å²) in [6.45, 7) is -0.0157. The number of unbranched alkanes of at least 4 members (excludes halogenated alkanes) is 1. The van der Waals surface area contributed by atoms with Gasteiger partial charge in [-0.15, -0.1) is 0 Å². The van der Waals surface area contributed by atoms with Crippen molar-refractivity contribution in [2.24, 2.45) is 0 Å². The van der Waals surface area contributed by atoms with Crippen molar-refractivity contribution in [1.29, 1.82) is 0 Å². The van der Waals surface area contributed by atoms with Gasteiger partial charge < -0.3 is 0 Å². The Labute approximate surface area is 88.3 Å². The molecule has 1 rings (SSSR count). The Balaban J connectivity index is 2.61. The Kier molecular flexibility index (Phi) is 4.57. The molecule has 0 fully saturated rings. The molecule has 0 amide bonds. The molecule has 0 saturated heterocycles. The molecule has 1 aromatic carbocycles. The zero-order valence-corrected chi connectivity index (χ0v) is 8.74. The van der Waals surface area contributed by atoms with Crippen LogP contribution in [0, 0.1) is 0 Å². The van der Waals surface area contributed by atoms with E-state index in [-0.39, 0.29) is 6.61 Å². The monoisotopic (exact) mass is 217 g/mol. The quantitative estimate of drug-likeness (QED) is 0.686. The van der Waals surface area contributed by atoms with Crippen molar-refractivity contribution in [3.8, 4) is 0 Å². The minimum absolute atomic E-state index is 0.0157. The third kappa shape index (κ3) is 3.18. The Morgan fingerprint density at radius 1 is 1.15 bits per heavy atom. The summed E-state index contributed by atoms with van der Waals surface area (Å²) in [5.74, 6) is 0. The number of hydrogen-bond donors (Lipinski definition) is 0. The van der Waals surface area contributed by atoms with Crippen molar-refractivity contribution < 1.29 is 5.11 Å². The van der Waals surface area contributed by atoms with Crippen LogP contribution in [0.5, 0.6) is 0 Å². The van der Waals surface area contributed by atoms with Gasteiger partial charge in [0.25, 0.3) is 0 Å². The van der Waals surface area contributed by atoms with E-state index in [2.05, 4.69) is 0 Å². The summed E-state index contributed by atoms with van der Waals surface area (Å²) in [5.41, 5.74) is 1.03. The van der Waals surface area contributed by atoms with Crippen molar-refractivity contribution >= 4 is 23.2 Å². The molecule has 0 aliphatic heterocycles. The molecule has 0 aliphatic carbocycles. The van der Waals surface area contributed by atoms with E-state index in [1.807, 2.05) is 12.1 Å². The SMILES string of the molecule is [O]CCCCc1cccc(Cl)c1Cl. The number of hydrogen-bond acceptors (Lipinski definition) is 0. The van der Waals surface area contributed by atoms with Crippen molar-refractivity contribution in [2.75, 3.05) is 6.61 Å². The van der Waals surface area contributed by atoms with Gasteiger partial charge in [0.15, 0.2) is 0 Å². The predicted molar refractivity (Wildman–Crippen MR) is 55.0 cm³/mol. The molecule has 1 nitrogen and oxygen atoms in total. The molecule has 0 unspecified atom stereocenters. The molecule has 0 heterocycles. The van der Waals surface area contributed by atoms with Gasteiger partial charge in [0, 0.05) is 0 Å². The van der Waals surface area contributed by atoms with Crippen LogP contribution in [0.1, 0.15) is 18.4 Å². The van der Waals surface area contributed by atoms with Gasteiger partial charge in [-0.25, -0.2) is 5.11 Å². The average molecular weight is 218 g/mol. The summed E-state index contributed by atoms with van der Waals surface area (Å²) in [4.78, 5) is 0. The van der Waals surface area contributed by atoms with Gasteiger partial charge in [-0.3, -0.25) is 0 Å². The first-order chi connectivity index (χ1) is 6.25. The molecule has 0 spiro atoms. The van der Waals surface area contributed by atoms with Crippen molar-refractivity contribution in [2.45, 2.75) is 19.3 Å². The summed E-state index contributed by atoms with van der Waals surface area (Å²) in [6.07, 6.45) is 2.41. The van der Waals surface area contributed by atoms with E-state index in [9.17, 15) is 5.11 Å². The van der Waals surface area contributed by atoms with Gasteiger partial charge in [0.2, 0.25) is 0 Å². The fourth-order valence-electron chi connectivity index (χ4n) is 1.16. The summed E-state index contributed by atoms with van der Waals surface area (Å²) >= 11 is 11.8. The Hall–Kier alpha value is -0.240. The van der Waals surface area contributed by atoms with Crippen LogP contribution < -0.4 is 0 Å². The topological polar surface area (TPSA) is 19.9 Å². The minimum Gasteiger partial charge on any atom is -0.237 e. The molecule has 1 radical (unpaired) electrons. The van der Waals surface area contributed by atoms with E-state index >= 15 is 0 Å². The van der Waals surface area contributed by atoms with Crippen LogP contribution >= 0.6 is 23.2 Å². The third-order valence-corrected chi connectivity index (χ3v) is 2.73. The highest BCUT2D eigenvalue weighted by atomic mass is 35.5. The highest BCUT2D eigenvalue weighted by Gasteiger charge is 2.03. The van der Waals surface area contributed by atoms with E-state index < -0.39 is 0 Å². The normalized spacial score (nSPS) is 10.4. The molecule has 0 N–H and O–H groups in total. The molecule has 0 aromatic heterocycles. The van der Waals surface area contributed by atoms with E-state index in [1.165, 1.54) is 0 Å². The lowest BCUT2D eigenvalue weighted by Gasteiger charge is -2.04. The molecule has 71 valence electrons. The van der Waals surface area contributed by atoms with Crippen molar-refractivity contribution in [3.05, 3.63) is 33.8 Å². The van der Waals surface area contributed by atoms with Crippen LogP contribution in [0.4, 0.5) is 0 Å². The van der Waals surface area contributed by atoms with E-state index in [1.54, 1.807) is 6.07 Å². The summed E-state index contributed by atoms with van der Waals surface area (Å²) in [5, 5.41) is 11.4. The second kappa shape index (κ2) is 5.48. The summed E-state index contributed by atoms with van der Waals surface area (Å²) in [7, 11) is 0. The molecule has 3 heteroatoms. The molecule has 0 saturated carbocycles. The Morgan fingerprint density at radius 3 is 2.62 bits per heavy atom. The summed E-state index contributed by atoms with van der Waals surface area (Å²) in [6, 6.07) is 5.58. The van der Waals surface area contributed by atoms with Gasteiger partial charge in [-0.2, -0.15) is 0 Å². The average Bonchev–Trinajstić information content (AvgIpc) is 2.13. The second-order valence-electron chi connectivity index (χ2n) is 2.87. The smallest absolute Gasteiger partial charge is 0.0822 e.